The van der Waals surface area contributed by atoms with Gasteiger partial charge in [0.1, 0.15) is 30.5 Å². The molecule has 2 aliphatic heterocycles. The summed E-state index contributed by atoms with van der Waals surface area (Å²) in [4.78, 5) is 41.1. The summed E-state index contributed by atoms with van der Waals surface area (Å²) in [5.74, 6) is 0.139. The highest BCUT2D eigenvalue weighted by Gasteiger charge is 2.34. The molecule has 32 heavy (non-hydrogen) atoms. The van der Waals surface area contributed by atoms with E-state index < -0.39 is 29.7 Å². The van der Waals surface area contributed by atoms with Crippen molar-refractivity contribution in [3.8, 4) is 11.8 Å². The van der Waals surface area contributed by atoms with Gasteiger partial charge in [-0.3, -0.25) is 19.1 Å². The Hall–Kier alpha value is -4.12. The van der Waals surface area contributed by atoms with Gasteiger partial charge in [-0.1, -0.05) is 42.5 Å². The molecular formula is C24H20N4O4. The van der Waals surface area contributed by atoms with Gasteiger partial charge < -0.3 is 4.74 Å². The zero-order valence-electron chi connectivity index (χ0n) is 17.2. The molecular weight excluding hydrogens is 408 g/mol. The Kier molecular flexibility index (Phi) is 4.86. The van der Waals surface area contributed by atoms with Gasteiger partial charge in [-0.15, -0.1) is 0 Å². The van der Waals surface area contributed by atoms with Crippen LogP contribution in [0.3, 0.4) is 0 Å². The number of hydrogen-bond donors (Lipinski definition) is 0. The Balaban J connectivity index is 1.60. The first-order valence-corrected chi connectivity index (χ1v) is 10.5. The maximum absolute atomic E-state index is 13.6. The molecule has 0 bridgehead atoms. The molecule has 0 fully saturated rings. The highest BCUT2D eigenvalue weighted by Crippen LogP contribution is 2.39. The molecule has 8 nitrogen and oxygen atoms in total. The summed E-state index contributed by atoms with van der Waals surface area (Å²) in [7, 11) is 0. The molecule has 8 heteroatoms. The topological polar surface area (TPSA) is 97.3 Å². The summed E-state index contributed by atoms with van der Waals surface area (Å²) >= 11 is 0. The van der Waals surface area contributed by atoms with E-state index in [1.54, 1.807) is 23.1 Å². The van der Waals surface area contributed by atoms with E-state index in [-0.39, 0.29) is 12.2 Å². The summed E-state index contributed by atoms with van der Waals surface area (Å²) in [5.41, 5.74) is 0.602. The smallest absolute Gasteiger partial charge is 0.331 e. The molecule has 3 heterocycles. The van der Waals surface area contributed by atoms with Crippen molar-refractivity contribution in [2.45, 2.75) is 32.0 Å². The molecule has 5 rings (SSSR count). The molecule has 0 N–H and O–H groups in total. The average Bonchev–Trinajstić information content (AvgIpc) is 3.31. The molecule has 0 radical (unpaired) electrons. The minimum absolute atomic E-state index is 0.0584. The van der Waals surface area contributed by atoms with Gasteiger partial charge in [-0.25, -0.2) is 9.36 Å². The van der Waals surface area contributed by atoms with Gasteiger partial charge in [-0.2, -0.15) is 5.26 Å². The third kappa shape index (κ3) is 3.10. The minimum atomic E-state index is -0.711. The Morgan fingerprint density at radius 3 is 2.62 bits per heavy atom. The van der Waals surface area contributed by atoms with Crippen LogP contribution in [0, 0.1) is 11.3 Å². The second kappa shape index (κ2) is 7.85. The van der Waals surface area contributed by atoms with Crippen molar-refractivity contribution >= 4 is 11.6 Å². The number of benzene rings is 2. The SMILES string of the molecule is N#Cc1c2n(c(=O)n(CC(=O)N3c4ccccc4OCC3c3ccccc3)c1=O)CCC2. The molecule has 0 saturated heterocycles. The zero-order chi connectivity index (χ0) is 22.2. The van der Waals surface area contributed by atoms with E-state index in [0.29, 0.717) is 36.5 Å². The lowest BCUT2D eigenvalue weighted by molar-refractivity contribution is -0.120. The van der Waals surface area contributed by atoms with Crippen LogP contribution in [0.15, 0.2) is 64.2 Å². The second-order valence-electron chi connectivity index (χ2n) is 7.83. The van der Waals surface area contributed by atoms with Crippen LogP contribution in [0.5, 0.6) is 5.75 Å². The summed E-state index contributed by atoms with van der Waals surface area (Å²) in [6.45, 7) is 0.225. The van der Waals surface area contributed by atoms with E-state index in [1.807, 2.05) is 42.5 Å². The fourth-order valence-electron chi connectivity index (χ4n) is 4.52. The minimum Gasteiger partial charge on any atom is -0.489 e. The number of nitriles is 1. The van der Waals surface area contributed by atoms with E-state index in [1.165, 1.54) is 4.57 Å². The Morgan fingerprint density at radius 1 is 1.09 bits per heavy atom. The molecule has 2 aromatic carbocycles. The van der Waals surface area contributed by atoms with E-state index in [9.17, 15) is 19.6 Å². The first-order valence-electron chi connectivity index (χ1n) is 10.5. The maximum atomic E-state index is 13.6. The van der Waals surface area contributed by atoms with Crippen LogP contribution in [-0.2, 0) is 24.3 Å². The number of nitrogens with zero attached hydrogens (tertiary/aromatic N) is 4. The number of para-hydroxylation sites is 2. The second-order valence-corrected chi connectivity index (χ2v) is 7.83. The molecule has 1 aromatic heterocycles. The number of amides is 1. The van der Waals surface area contributed by atoms with Crippen molar-refractivity contribution < 1.29 is 9.53 Å². The third-order valence-electron chi connectivity index (χ3n) is 6.02. The Bertz CT molecular complexity index is 1370. The third-order valence-corrected chi connectivity index (χ3v) is 6.02. The van der Waals surface area contributed by atoms with Gasteiger partial charge in [-0.05, 0) is 30.5 Å². The van der Waals surface area contributed by atoms with Gasteiger partial charge in [0.15, 0.2) is 0 Å². The van der Waals surface area contributed by atoms with Crippen molar-refractivity contribution in [1.82, 2.24) is 9.13 Å². The molecule has 0 spiro atoms. The van der Waals surface area contributed by atoms with Crippen molar-refractivity contribution in [2.75, 3.05) is 11.5 Å². The Morgan fingerprint density at radius 2 is 1.84 bits per heavy atom. The summed E-state index contributed by atoms with van der Waals surface area (Å²) in [6, 6.07) is 18.2. The van der Waals surface area contributed by atoms with Crippen LogP contribution in [0.1, 0.15) is 29.3 Å². The van der Waals surface area contributed by atoms with Crippen molar-refractivity contribution in [3.05, 3.63) is 92.3 Å². The number of hydrogen-bond acceptors (Lipinski definition) is 5. The normalized spacial score (nSPS) is 16.6. The standard InChI is InChI=1S/C24H20N4O4/c25-13-17-18-10-6-12-26(18)24(31)27(23(17)30)14-22(29)28-19-9-4-5-11-21(19)32-15-20(28)16-7-2-1-3-8-16/h1-5,7-9,11,20H,6,10,12,14-15H2. The number of aromatic nitrogens is 2. The van der Waals surface area contributed by atoms with Gasteiger partial charge in [0.25, 0.3) is 5.56 Å². The van der Waals surface area contributed by atoms with Crippen molar-refractivity contribution in [1.29, 1.82) is 5.26 Å². The number of carbonyl (C=O) groups excluding carboxylic acids is 1. The predicted molar refractivity (Wildman–Crippen MR) is 117 cm³/mol. The monoisotopic (exact) mass is 428 g/mol. The summed E-state index contributed by atoms with van der Waals surface area (Å²) in [6.07, 6.45) is 1.20. The molecule has 1 amide bonds. The van der Waals surface area contributed by atoms with Crippen LogP contribution in [0.25, 0.3) is 0 Å². The molecule has 0 aliphatic carbocycles. The van der Waals surface area contributed by atoms with Crippen LogP contribution < -0.4 is 20.9 Å². The van der Waals surface area contributed by atoms with E-state index >= 15 is 0 Å². The van der Waals surface area contributed by atoms with Gasteiger partial charge in [0, 0.05) is 12.2 Å². The van der Waals surface area contributed by atoms with E-state index in [0.717, 1.165) is 10.1 Å². The number of ether oxygens (including phenoxy) is 1. The number of rotatable bonds is 3. The summed E-state index contributed by atoms with van der Waals surface area (Å²) in [5, 5.41) is 9.51. The van der Waals surface area contributed by atoms with Gasteiger partial charge in [0.2, 0.25) is 5.91 Å². The molecule has 1 unspecified atom stereocenters. The van der Waals surface area contributed by atoms with Crippen molar-refractivity contribution in [2.24, 2.45) is 0 Å². The highest BCUT2D eigenvalue weighted by atomic mass is 16.5. The van der Waals surface area contributed by atoms with Crippen LogP contribution in [-0.4, -0.2) is 21.6 Å². The first kappa shape index (κ1) is 19.8. The fourth-order valence-corrected chi connectivity index (χ4v) is 4.52. The quantitative estimate of drug-likeness (QED) is 0.636. The number of carbonyl (C=O) groups is 1. The highest BCUT2D eigenvalue weighted by molar-refractivity contribution is 5.96. The first-order chi connectivity index (χ1) is 15.6. The van der Waals surface area contributed by atoms with E-state index in [2.05, 4.69) is 0 Å². The van der Waals surface area contributed by atoms with Crippen molar-refractivity contribution in [3.63, 3.8) is 0 Å². The lowest BCUT2D eigenvalue weighted by Crippen LogP contribution is -2.48. The van der Waals surface area contributed by atoms with Gasteiger partial charge >= 0.3 is 5.69 Å². The summed E-state index contributed by atoms with van der Waals surface area (Å²) < 4.78 is 8.22. The number of fused-ring (bicyclic) bond motifs is 2. The predicted octanol–water partition coefficient (Wildman–Crippen LogP) is 1.99. The van der Waals surface area contributed by atoms with E-state index in [4.69, 9.17) is 4.74 Å². The van der Waals surface area contributed by atoms with Crippen LogP contribution in [0.2, 0.25) is 0 Å². The molecule has 160 valence electrons. The number of anilines is 1. The zero-order valence-corrected chi connectivity index (χ0v) is 17.2. The van der Waals surface area contributed by atoms with Crippen LogP contribution >= 0.6 is 0 Å². The fraction of sp³-hybridized carbons (Fsp3) is 0.250. The Labute approximate surface area is 183 Å². The molecule has 2 aliphatic rings. The van der Waals surface area contributed by atoms with Gasteiger partial charge in [0.05, 0.1) is 11.7 Å². The largest absolute Gasteiger partial charge is 0.489 e. The lowest BCUT2D eigenvalue weighted by atomic mass is 10.0. The van der Waals surface area contributed by atoms with Crippen LogP contribution in [0.4, 0.5) is 5.69 Å². The average molecular weight is 428 g/mol. The maximum Gasteiger partial charge on any atom is 0.331 e. The molecule has 0 saturated carbocycles. The lowest BCUT2D eigenvalue weighted by Gasteiger charge is -2.37. The molecule has 1 atom stereocenters. The molecule has 3 aromatic rings.